The van der Waals surface area contributed by atoms with Gasteiger partial charge in [-0.2, -0.15) is 0 Å². The van der Waals surface area contributed by atoms with Crippen LogP contribution in [0.3, 0.4) is 0 Å². The topological polar surface area (TPSA) is 80.5 Å². The Morgan fingerprint density at radius 3 is 2.95 bits per heavy atom. The van der Waals surface area contributed by atoms with E-state index in [2.05, 4.69) is 17.3 Å². The third-order valence-electron chi connectivity index (χ3n) is 3.07. The molecule has 0 radical (unpaired) electrons. The Bertz CT molecular complexity index is 411. The number of methoxy groups -OCH3 is 1. The summed E-state index contributed by atoms with van der Waals surface area (Å²) < 4.78 is 5.06. The first-order valence-corrected chi connectivity index (χ1v) is 6.36. The Labute approximate surface area is 113 Å². The van der Waals surface area contributed by atoms with E-state index < -0.39 is 0 Å². The molecule has 1 aromatic rings. The molecule has 3 N–H and O–H groups in total. The van der Waals surface area contributed by atoms with E-state index in [0.717, 1.165) is 6.42 Å². The number of hydrazine groups is 1. The summed E-state index contributed by atoms with van der Waals surface area (Å²) in [6, 6.07) is 3.49. The first-order chi connectivity index (χ1) is 9.13. The lowest BCUT2D eigenvalue weighted by Crippen LogP contribution is -2.40. The summed E-state index contributed by atoms with van der Waals surface area (Å²) in [5, 5.41) is 0. The van der Waals surface area contributed by atoms with Crippen molar-refractivity contribution < 1.29 is 9.53 Å². The lowest BCUT2D eigenvalue weighted by Gasteiger charge is -2.28. The van der Waals surface area contributed by atoms with E-state index in [-0.39, 0.29) is 11.9 Å². The summed E-state index contributed by atoms with van der Waals surface area (Å²) in [6.45, 7) is 5.16. The van der Waals surface area contributed by atoms with Gasteiger partial charge in [-0.05, 0) is 25.5 Å². The number of nitrogens with two attached hydrogens (primary N) is 1. The lowest BCUT2D eigenvalue weighted by molar-refractivity contribution is 0.0614. The van der Waals surface area contributed by atoms with E-state index in [1.54, 1.807) is 30.3 Å². The van der Waals surface area contributed by atoms with E-state index in [9.17, 15) is 4.79 Å². The maximum atomic E-state index is 12.5. The maximum Gasteiger partial charge on any atom is 0.254 e. The molecule has 1 atom stereocenters. The molecule has 0 aromatic carbocycles. The largest absolute Gasteiger partial charge is 0.383 e. The molecule has 19 heavy (non-hydrogen) atoms. The Balaban J connectivity index is 2.90. The van der Waals surface area contributed by atoms with Crippen LogP contribution in [0.25, 0.3) is 0 Å². The van der Waals surface area contributed by atoms with Gasteiger partial charge < -0.3 is 15.1 Å². The smallest absolute Gasteiger partial charge is 0.254 e. The van der Waals surface area contributed by atoms with Gasteiger partial charge >= 0.3 is 0 Å². The molecule has 0 saturated carbocycles. The average Bonchev–Trinajstić information content (AvgIpc) is 2.47. The summed E-state index contributed by atoms with van der Waals surface area (Å²) in [4.78, 5) is 18.3. The van der Waals surface area contributed by atoms with E-state index >= 15 is 0 Å². The van der Waals surface area contributed by atoms with Gasteiger partial charge in [0.1, 0.15) is 5.82 Å². The number of aromatic nitrogens is 1. The molecule has 0 aliphatic heterocycles. The van der Waals surface area contributed by atoms with Crippen molar-refractivity contribution in [3.63, 3.8) is 0 Å². The molecular weight excluding hydrogens is 244 g/mol. The maximum absolute atomic E-state index is 12.5. The van der Waals surface area contributed by atoms with Gasteiger partial charge in [0.2, 0.25) is 0 Å². The van der Waals surface area contributed by atoms with Crippen molar-refractivity contribution in [1.29, 1.82) is 0 Å². The Morgan fingerprint density at radius 1 is 1.63 bits per heavy atom. The van der Waals surface area contributed by atoms with Crippen molar-refractivity contribution >= 4 is 11.7 Å². The van der Waals surface area contributed by atoms with Crippen molar-refractivity contribution in [3.05, 3.63) is 23.9 Å². The fourth-order valence-electron chi connectivity index (χ4n) is 1.74. The molecule has 106 valence electrons. The average molecular weight is 266 g/mol. The van der Waals surface area contributed by atoms with Crippen LogP contribution in [0, 0.1) is 0 Å². The fourth-order valence-corrected chi connectivity index (χ4v) is 1.74. The summed E-state index contributed by atoms with van der Waals surface area (Å²) >= 11 is 0. The number of rotatable bonds is 7. The van der Waals surface area contributed by atoms with E-state index in [1.165, 1.54) is 0 Å². The lowest BCUT2D eigenvalue weighted by atomic mass is 10.1. The number of carbonyl (C=O) groups excluding carboxylic acids is 1. The number of hydrogen-bond donors (Lipinski definition) is 2. The monoisotopic (exact) mass is 266 g/mol. The Hall–Kier alpha value is -1.66. The van der Waals surface area contributed by atoms with Gasteiger partial charge in [-0.15, -0.1) is 0 Å². The summed E-state index contributed by atoms with van der Waals surface area (Å²) in [5.74, 6) is 5.74. The van der Waals surface area contributed by atoms with Crippen LogP contribution in [0.2, 0.25) is 0 Å². The van der Waals surface area contributed by atoms with Crippen LogP contribution in [0.15, 0.2) is 18.3 Å². The number of nitrogens with one attached hydrogen (secondary N) is 1. The van der Waals surface area contributed by atoms with Gasteiger partial charge in [-0.3, -0.25) is 4.79 Å². The van der Waals surface area contributed by atoms with E-state index in [1.807, 2.05) is 6.92 Å². The zero-order chi connectivity index (χ0) is 14.3. The number of hydrogen-bond acceptors (Lipinski definition) is 5. The minimum absolute atomic E-state index is 0.0368. The van der Waals surface area contributed by atoms with Crippen molar-refractivity contribution in [3.8, 4) is 0 Å². The molecule has 0 fully saturated rings. The highest BCUT2D eigenvalue weighted by Gasteiger charge is 2.20. The van der Waals surface area contributed by atoms with Gasteiger partial charge in [0.05, 0.1) is 6.61 Å². The van der Waals surface area contributed by atoms with Crippen molar-refractivity contribution in [2.24, 2.45) is 5.84 Å². The standard InChI is InChI=1S/C13H22N4O2/c1-4-10(2)17(7-8-19-3)13(18)11-5-6-15-12(9-11)16-14/h5-6,9-10H,4,7-8,14H2,1-3H3,(H,15,16). The predicted octanol–water partition coefficient (Wildman–Crippen LogP) is 1.25. The zero-order valence-corrected chi connectivity index (χ0v) is 11.7. The van der Waals surface area contributed by atoms with Gasteiger partial charge in [-0.1, -0.05) is 6.92 Å². The van der Waals surface area contributed by atoms with E-state index in [4.69, 9.17) is 10.6 Å². The number of amides is 1. The first kappa shape index (κ1) is 15.4. The van der Waals surface area contributed by atoms with Crippen LogP contribution in [0.5, 0.6) is 0 Å². The quantitative estimate of drug-likeness (QED) is 0.573. The van der Waals surface area contributed by atoms with Crippen LogP contribution in [-0.2, 0) is 4.74 Å². The second kappa shape index (κ2) is 7.70. The highest BCUT2D eigenvalue weighted by Crippen LogP contribution is 2.12. The van der Waals surface area contributed by atoms with E-state index in [0.29, 0.717) is 24.5 Å². The molecule has 1 amide bonds. The number of nitrogen functional groups attached to an aromatic ring is 1. The van der Waals surface area contributed by atoms with Crippen LogP contribution in [-0.4, -0.2) is 42.1 Å². The predicted molar refractivity (Wildman–Crippen MR) is 74.7 cm³/mol. The summed E-state index contributed by atoms with van der Waals surface area (Å²) in [7, 11) is 1.63. The Kier molecular flexibility index (Phi) is 6.24. The molecule has 0 spiro atoms. The number of carbonyl (C=O) groups is 1. The molecule has 1 aromatic heterocycles. The van der Waals surface area contributed by atoms with Crippen LogP contribution < -0.4 is 11.3 Å². The fraction of sp³-hybridized carbons (Fsp3) is 0.538. The number of pyridine rings is 1. The summed E-state index contributed by atoms with van der Waals surface area (Å²) in [6.07, 6.45) is 2.45. The van der Waals surface area contributed by atoms with Crippen molar-refractivity contribution in [2.45, 2.75) is 26.3 Å². The third kappa shape index (κ3) is 4.18. The molecule has 0 saturated heterocycles. The first-order valence-electron chi connectivity index (χ1n) is 6.36. The van der Waals surface area contributed by atoms with Gasteiger partial charge in [-0.25, -0.2) is 10.8 Å². The van der Waals surface area contributed by atoms with Crippen LogP contribution >= 0.6 is 0 Å². The van der Waals surface area contributed by atoms with Gasteiger partial charge in [0, 0.05) is 31.5 Å². The number of nitrogens with zero attached hydrogens (tertiary/aromatic N) is 2. The molecule has 6 heteroatoms. The molecule has 0 bridgehead atoms. The molecule has 1 rings (SSSR count). The molecule has 1 heterocycles. The molecule has 1 unspecified atom stereocenters. The molecular formula is C13H22N4O2. The highest BCUT2D eigenvalue weighted by molar-refractivity contribution is 5.95. The van der Waals surface area contributed by atoms with Gasteiger partial charge in [0.25, 0.3) is 5.91 Å². The molecule has 0 aliphatic carbocycles. The normalized spacial score (nSPS) is 12.0. The second-order valence-electron chi connectivity index (χ2n) is 4.32. The molecule has 6 nitrogen and oxygen atoms in total. The minimum atomic E-state index is -0.0368. The minimum Gasteiger partial charge on any atom is -0.383 e. The second-order valence-corrected chi connectivity index (χ2v) is 4.32. The third-order valence-corrected chi connectivity index (χ3v) is 3.07. The zero-order valence-electron chi connectivity index (χ0n) is 11.7. The van der Waals surface area contributed by atoms with Crippen LogP contribution in [0.1, 0.15) is 30.6 Å². The SMILES string of the molecule is CCC(C)N(CCOC)C(=O)c1ccnc(NN)c1. The number of ether oxygens (including phenoxy) is 1. The van der Waals surface area contributed by atoms with Crippen LogP contribution in [0.4, 0.5) is 5.82 Å². The van der Waals surface area contributed by atoms with Crippen molar-refractivity contribution in [2.75, 3.05) is 25.7 Å². The number of anilines is 1. The van der Waals surface area contributed by atoms with Gasteiger partial charge in [0.15, 0.2) is 0 Å². The highest BCUT2D eigenvalue weighted by atomic mass is 16.5. The summed E-state index contributed by atoms with van der Waals surface area (Å²) in [5.41, 5.74) is 3.01. The Morgan fingerprint density at radius 2 is 2.37 bits per heavy atom. The van der Waals surface area contributed by atoms with Crippen molar-refractivity contribution in [1.82, 2.24) is 9.88 Å². The molecule has 0 aliphatic rings.